The minimum Gasteiger partial charge on any atom is -0.327 e. The lowest BCUT2D eigenvalue weighted by Crippen LogP contribution is -2.01. The Bertz CT molecular complexity index is 1220. The highest BCUT2D eigenvalue weighted by molar-refractivity contribution is 9.10. The molecule has 1 N–H and O–H groups in total. The SMILES string of the molecule is Cn1c2ccc(Br)cc2c2nnc(NN=Cc3cccc([N+](=O)[O-])c3)nc21. The number of hydrogen-bond acceptors (Lipinski definition) is 7. The van der Waals surface area contributed by atoms with E-state index in [0.717, 1.165) is 15.4 Å². The van der Waals surface area contributed by atoms with Crippen LogP contribution in [0.2, 0.25) is 0 Å². The number of anilines is 1. The number of nitro groups is 1. The molecule has 9 nitrogen and oxygen atoms in total. The third kappa shape index (κ3) is 3.22. The van der Waals surface area contributed by atoms with E-state index in [1.165, 1.54) is 18.3 Å². The van der Waals surface area contributed by atoms with Gasteiger partial charge >= 0.3 is 0 Å². The second-order valence-electron chi connectivity index (χ2n) is 5.75. The average Bonchev–Trinajstić information content (AvgIpc) is 2.93. The molecule has 4 rings (SSSR count). The number of benzene rings is 2. The highest BCUT2D eigenvalue weighted by atomic mass is 79.9. The van der Waals surface area contributed by atoms with Crippen molar-refractivity contribution in [2.45, 2.75) is 0 Å². The van der Waals surface area contributed by atoms with Gasteiger partial charge in [0.15, 0.2) is 5.65 Å². The number of non-ortho nitro benzene ring substituents is 1. The van der Waals surface area contributed by atoms with Gasteiger partial charge in [-0.2, -0.15) is 10.1 Å². The van der Waals surface area contributed by atoms with Crippen LogP contribution in [0, 0.1) is 10.1 Å². The number of fused-ring (bicyclic) bond motifs is 3. The summed E-state index contributed by atoms with van der Waals surface area (Å²) < 4.78 is 2.88. The molecule has 0 bridgehead atoms. The molecule has 4 aromatic rings. The maximum atomic E-state index is 10.8. The topological polar surface area (TPSA) is 111 Å². The van der Waals surface area contributed by atoms with Gasteiger partial charge in [0, 0.05) is 34.6 Å². The molecule has 0 amide bonds. The minimum atomic E-state index is -0.454. The van der Waals surface area contributed by atoms with Crippen LogP contribution in [0.5, 0.6) is 0 Å². The lowest BCUT2D eigenvalue weighted by atomic mass is 10.2. The van der Waals surface area contributed by atoms with Crippen LogP contribution in [0.25, 0.3) is 22.1 Å². The van der Waals surface area contributed by atoms with Gasteiger partial charge < -0.3 is 4.57 Å². The fourth-order valence-electron chi connectivity index (χ4n) is 2.76. The first kappa shape index (κ1) is 17.0. The number of aryl methyl sites for hydroxylation is 1. The Balaban J connectivity index is 1.63. The number of hydrazone groups is 1. The number of nitro benzene ring substituents is 1. The van der Waals surface area contributed by atoms with Gasteiger partial charge in [0.1, 0.15) is 5.52 Å². The number of aromatic nitrogens is 4. The van der Waals surface area contributed by atoms with Gasteiger partial charge in [-0.15, -0.1) is 10.2 Å². The van der Waals surface area contributed by atoms with Gasteiger partial charge in [-0.1, -0.05) is 28.1 Å². The van der Waals surface area contributed by atoms with Crippen LogP contribution in [0.3, 0.4) is 0 Å². The van der Waals surface area contributed by atoms with Crippen molar-refractivity contribution in [2.75, 3.05) is 5.43 Å². The highest BCUT2D eigenvalue weighted by Crippen LogP contribution is 2.28. The summed E-state index contributed by atoms with van der Waals surface area (Å²) in [4.78, 5) is 14.8. The quantitative estimate of drug-likeness (QED) is 0.303. The number of nitrogens with one attached hydrogen (secondary N) is 1. The van der Waals surface area contributed by atoms with Crippen molar-refractivity contribution >= 4 is 55.8 Å². The molecule has 0 aliphatic heterocycles. The number of rotatable bonds is 4. The normalized spacial score (nSPS) is 11.5. The molecule has 0 aliphatic carbocycles. The predicted octanol–water partition coefficient (Wildman–Crippen LogP) is 3.63. The van der Waals surface area contributed by atoms with Gasteiger partial charge in [0.2, 0.25) is 0 Å². The van der Waals surface area contributed by atoms with Crippen molar-refractivity contribution in [3.63, 3.8) is 0 Å². The molecule has 0 saturated carbocycles. The molecular weight excluding hydrogens is 414 g/mol. The lowest BCUT2D eigenvalue weighted by Gasteiger charge is -1.99. The lowest BCUT2D eigenvalue weighted by molar-refractivity contribution is -0.384. The van der Waals surface area contributed by atoms with Crippen LogP contribution < -0.4 is 5.43 Å². The summed E-state index contributed by atoms with van der Waals surface area (Å²) in [5, 5.41) is 24.1. The van der Waals surface area contributed by atoms with E-state index < -0.39 is 4.92 Å². The van der Waals surface area contributed by atoms with Crippen molar-refractivity contribution in [2.24, 2.45) is 12.1 Å². The van der Waals surface area contributed by atoms with Gasteiger partial charge in [-0.05, 0) is 18.2 Å². The second-order valence-corrected chi connectivity index (χ2v) is 6.67. The zero-order valence-electron chi connectivity index (χ0n) is 14.0. The van der Waals surface area contributed by atoms with E-state index in [1.54, 1.807) is 12.1 Å². The van der Waals surface area contributed by atoms with Crippen LogP contribution >= 0.6 is 15.9 Å². The van der Waals surface area contributed by atoms with Gasteiger partial charge in [0.25, 0.3) is 11.6 Å². The Morgan fingerprint density at radius 2 is 2.11 bits per heavy atom. The van der Waals surface area contributed by atoms with E-state index in [0.29, 0.717) is 16.7 Å². The van der Waals surface area contributed by atoms with Crippen molar-refractivity contribution < 1.29 is 4.92 Å². The predicted molar refractivity (Wildman–Crippen MR) is 106 cm³/mol. The first-order chi connectivity index (χ1) is 13.0. The van der Waals surface area contributed by atoms with Gasteiger partial charge in [0.05, 0.1) is 16.7 Å². The molecule has 0 aliphatic rings. The fourth-order valence-corrected chi connectivity index (χ4v) is 3.12. The first-order valence-corrected chi connectivity index (χ1v) is 8.64. The summed E-state index contributed by atoms with van der Waals surface area (Å²) in [5.41, 5.74) is 5.65. The monoisotopic (exact) mass is 425 g/mol. The number of nitrogens with zero attached hydrogens (tertiary/aromatic N) is 6. The van der Waals surface area contributed by atoms with Crippen LogP contribution in [-0.2, 0) is 7.05 Å². The molecule has 27 heavy (non-hydrogen) atoms. The Kier molecular flexibility index (Phi) is 4.24. The molecule has 10 heteroatoms. The molecule has 0 fully saturated rings. The van der Waals surface area contributed by atoms with E-state index in [4.69, 9.17) is 0 Å². The van der Waals surface area contributed by atoms with Crippen molar-refractivity contribution in [1.82, 2.24) is 19.7 Å². The zero-order valence-corrected chi connectivity index (χ0v) is 15.6. The average molecular weight is 426 g/mol. The smallest absolute Gasteiger partial charge is 0.270 e. The zero-order chi connectivity index (χ0) is 19.0. The molecule has 0 saturated heterocycles. The maximum absolute atomic E-state index is 10.8. The van der Waals surface area contributed by atoms with Crippen LogP contribution in [0.4, 0.5) is 11.6 Å². The summed E-state index contributed by atoms with van der Waals surface area (Å²) in [6.07, 6.45) is 1.46. The standard InChI is InChI=1S/C17H12BrN7O2/c1-24-14-6-5-11(18)8-13(14)15-16(24)20-17(23-21-15)22-19-9-10-3-2-4-12(7-10)25(26)27/h2-9H,1H3,(H,20,22,23). The first-order valence-electron chi connectivity index (χ1n) is 7.85. The third-order valence-electron chi connectivity index (χ3n) is 4.02. The Morgan fingerprint density at radius 3 is 2.93 bits per heavy atom. The molecule has 2 aromatic heterocycles. The van der Waals surface area contributed by atoms with Crippen molar-refractivity contribution in [1.29, 1.82) is 0 Å². The van der Waals surface area contributed by atoms with Crippen molar-refractivity contribution in [3.8, 4) is 0 Å². The summed E-state index contributed by atoms with van der Waals surface area (Å²) in [5.74, 6) is 0.231. The minimum absolute atomic E-state index is 0.0000487. The Labute approximate surface area is 161 Å². The summed E-state index contributed by atoms with van der Waals surface area (Å²) in [6, 6.07) is 12.1. The molecule has 134 valence electrons. The Morgan fingerprint density at radius 1 is 1.26 bits per heavy atom. The molecule has 0 unspecified atom stereocenters. The van der Waals surface area contributed by atoms with E-state index in [1.807, 2.05) is 29.8 Å². The number of hydrogen-bond donors (Lipinski definition) is 1. The largest absolute Gasteiger partial charge is 0.327 e. The molecule has 0 atom stereocenters. The summed E-state index contributed by atoms with van der Waals surface area (Å²) in [7, 11) is 1.91. The van der Waals surface area contributed by atoms with Crippen LogP contribution in [0.15, 0.2) is 52.0 Å². The highest BCUT2D eigenvalue weighted by Gasteiger charge is 2.12. The van der Waals surface area contributed by atoms with Gasteiger partial charge in [-0.3, -0.25) is 10.1 Å². The van der Waals surface area contributed by atoms with Crippen molar-refractivity contribution in [3.05, 3.63) is 62.6 Å². The molecule has 0 radical (unpaired) electrons. The van der Waals surface area contributed by atoms with E-state index in [9.17, 15) is 10.1 Å². The van der Waals surface area contributed by atoms with Crippen LogP contribution in [0.1, 0.15) is 5.56 Å². The van der Waals surface area contributed by atoms with E-state index in [2.05, 4.69) is 41.6 Å². The fraction of sp³-hybridized carbons (Fsp3) is 0.0588. The van der Waals surface area contributed by atoms with E-state index >= 15 is 0 Å². The second kappa shape index (κ2) is 6.72. The number of halogens is 1. The summed E-state index contributed by atoms with van der Waals surface area (Å²) >= 11 is 3.46. The third-order valence-corrected chi connectivity index (χ3v) is 4.51. The molecule has 2 aromatic carbocycles. The van der Waals surface area contributed by atoms with Crippen LogP contribution in [-0.4, -0.2) is 30.9 Å². The summed E-state index contributed by atoms with van der Waals surface area (Å²) in [6.45, 7) is 0. The van der Waals surface area contributed by atoms with Gasteiger partial charge in [-0.25, -0.2) is 5.43 Å². The van der Waals surface area contributed by atoms with E-state index in [-0.39, 0.29) is 11.6 Å². The molecule has 0 spiro atoms. The molecule has 2 heterocycles. The molecular formula is C17H12BrN7O2. The maximum Gasteiger partial charge on any atom is 0.270 e. The Hall–Kier alpha value is -3.40.